The van der Waals surface area contributed by atoms with E-state index >= 15 is 0 Å². The van der Waals surface area contributed by atoms with E-state index in [2.05, 4.69) is 25.1 Å². The predicted octanol–water partition coefficient (Wildman–Crippen LogP) is 3.79. The Morgan fingerprint density at radius 2 is 1.23 bits per heavy atom. The molecule has 7 rings (SSSR count). The van der Waals surface area contributed by atoms with Crippen molar-refractivity contribution in [3.05, 3.63) is 99.6 Å². The van der Waals surface area contributed by atoms with E-state index in [0.29, 0.717) is 37.4 Å². The van der Waals surface area contributed by atoms with Crippen LogP contribution in [0, 0.1) is 0 Å². The van der Waals surface area contributed by atoms with Gasteiger partial charge < -0.3 is 20.9 Å². The topological polar surface area (TPSA) is 129 Å². The van der Waals surface area contributed by atoms with Gasteiger partial charge in [0.2, 0.25) is 0 Å². The van der Waals surface area contributed by atoms with Gasteiger partial charge in [-0.2, -0.15) is 10.2 Å². The van der Waals surface area contributed by atoms with E-state index in [1.165, 1.54) is 18.3 Å². The van der Waals surface area contributed by atoms with E-state index in [0.717, 1.165) is 5.46 Å². The number of rotatable bonds is 5. The molecule has 11 nitrogen and oxygen atoms in total. The molecular formula is C37H38BCl5F4K2N6O5. The zero-order valence-corrected chi connectivity index (χ0v) is 44.0. The average molecular weight is 989 g/mol. The second kappa shape index (κ2) is 26.5. The van der Waals surface area contributed by atoms with Crippen molar-refractivity contribution in [2.75, 3.05) is 0 Å². The Morgan fingerprint density at radius 3 is 1.63 bits per heavy atom. The Morgan fingerprint density at radius 1 is 0.800 bits per heavy atom. The van der Waals surface area contributed by atoms with Crippen molar-refractivity contribution >= 4 is 98.9 Å². The van der Waals surface area contributed by atoms with Crippen LogP contribution in [-0.2, 0) is 33.1 Å². The van der Waals surface area contributed by atoms with Crippen LogP contribution in [0.5, 0.6) is 0 Å². The number of carbonyl (C=O) groups excluding carboxylic acids is 1. The number of aryl methyl sites for hydroxylation is 2. The number of nitrogens with zero attached hydrogens (tertiary/aromatic N) is 6. The normalized spacial score (nSPS) is 13.4. The SMILES string of the molecule is CC(Cl)Cl.Cn1cc(-c2nc3cccc(Cl)c3cc2C(F)F)cn1.Cn1cc(B2OC(C)(C)C(C)(C)O2)cn1.FC(F)c1cc2c(Cl)cccc2nc1Cl.O=CO[O-].[H-].[K+].[K+]. The first kappa shape index (κ1) is 57.6. The van der Waals surface area contributed by atoms with Gasteiger partial charge in [-0.1, -0.05) is 46.9 Å². The van der Waals surface area contributed by atoms with E-state index in [9.17, 15) is 17.6 Å². The van der Waals surface area contributed by atoms with Crippen LogP contribution in [0.2, 0.25) is 15.2 Å². The fourth-order valence-corrected chi connectivity index (χ4v) is 5.64. The van der Waals surface area contributed by atoms with Crippen LogP contribution < -0.4 is 113 Å². The monoisotopic (exact) mass is 986 g/mol. The van der Waals surface area contributed by atoms with E-state index in [1.807, 2.05) is 40.9 Å². The summed E-state index contributed by atoms with van der Waals surface area (Å²) >= 11 is 27.6. The summed E-state index contributed by atoms with van der Waals surface area (Å²) in [5.41, 5.74) is 1.86. The van der Waals surface area contributed by atoms with Gasteiger partial charge in [-0.05, 0) is 71.0 Å². The molecule has 1 fully saturated rings. The second-order valence-corrected chi connectivity index (χ2v) is 15.9. The van der Waals surface area contributed by atoms with Crippen molar-refractivity contribution in [1.82, 2.24) is 29.5 Å². The second-order valence-electron chi connectivity index (χ2n) is 13.2. The molecule has 0 aliphatic carbocycles. The molecule has 0 unspecified atom stereocenters. The molecule has 0 bridgehead atoms. The Labute approximate surface area is 456 Å². The van der Waals surface area contributed by atoms with Crippen LogP contribution in [0.25, 0.3) is 33.1 Å². The predicted molar refractivity (Wildman–Crippen MR) is 219 cm³/mol. The number of halogens is 9. The van der Waals surface area contributed by atoms with E-state index < -0.39 is 12.9 Å². The van der Waals surface area contributed by atoms with Crippen LogP contribution in [0.15, 0.2) is 73.3 Å². The number of carbonyl (C=O) groups is 1. The van der Waals surface area contributed by atoms with Gasteiger partial charge in [0.15, 0.2) is 0 Å². The molecule has 0 radical (unpaired) electrons. The van der Waals surface area contributed by atoms with E-state index in [4.69, 9.17) is 77.4 Å². The van der Waals surface area contributed by atoms with Crippen molar-refractivity contribution in [3.63, 3.8) is 0 Å². The minimum absolute atomic E-state index is 0. The van der Waals surface area contributed by atoms with Gasteiger partial charge in [-0.3, -0.25) is 14.2 Å². The van der Waals surface area contributed by atoms with Crippen LogP contribution in [0.1, 0.15) is 60.0 Å². The zero-order chi connectivity index (χ0) is 43.5. The summed E-state index contributed by atoms with van der Waals surface area (Å²) in [6, 6.07) is 12.8. The largest absolute Gasteiger partial charge is 1.00 e. The molecule has 5 heterocycles. The third-order valence-corrected chi connectivity index (χ3v) is 9.32. The molecule has 0 spiro atoms. The van der Waals surface area contributed by atoms with Gasteiger partial charge in [0.1, 0.15) is 9.99 Å². The standard InChI is InChI=1S/C14H10ClF2N3.C10H17BN2O2.C10H5Cl2F2N.C2H4Cl2.CH2O3.2K.H/c1-20-7-8(6-18-20)13-10(14(16)17)5-9-11(15)3-2-4-12(9)19-13;1-9(2)10(3,4)15-11(14-9)8-6-12-13(5)7-8;11-7-2-1-3-8-5(7)4-6(10(13)14)9(12)15-8;1-2(3)4;2-1-4-3;;;/h2-7,14H,1H3;6-7H,1-5H3;1-4,10H;2H,1H3;1,3H;;;/q;;;;;2*+1;-1/p-1. The average Bonchev–Trinajstić information content (AvgIpc) is 3.84. The summed E-state index contributed by atoms with van der Waals surface area (Å²) in [4.78, 5) is 19.2. The van der Waals surface area contributed by atoms with Crippen molar-refractivity contribution in [2.45, 2.75) is 63.5 Å². The number of hydrogen-bond acceptors (Lipinski definition) is 9. The van der Waals surface area contributed by atoms with Gasteiger partial charge >= 0.3 is 110 Å². The summed E-state index contributed by atoms with van der Waals surface area (Å²) < 4.78 is 66.7. The first-order valence-corrected chi connectivity index (χ1v) is 18.9. The molecule has 314 valence electrons. The smallest absolute Gasteiger partial charge is 1.00 e. The van der Waals surface area contributed by atoms with Gasteiger partial charge in [0.25, 0.3) is 19.3 Å². The van der Waals surface area contributed by atoms with E-state index in [-0.39, 0.29) is 156 Å². The summed E-state index contributed by atoms with van der Waals surface area (Å²) in [6.07, 6.45) is 1.60. The molecule has 1 aliphatic rings. The molecule has 0 N–H and O–H groups in total. The number of hydrogen-bond donors (Lipinski definition) is 0. The molecule has 0 atom stereocenters. The van der Waals surface area contributed by atoms with Crippen LogP contribution in [-0.4, -0.2) is 59.2 Å². The first-order chi connectivity index (χ1) is 27.1. The maximum absolute atomic E-state index is 13.3. The quantitative estimate of drug-likeness (QED) is 0.0483. The molecule has 2 aromatic carbocycles. The molecular weight excluding hydrogens is 951 g/mol. The Bertz CT molecular complexity index is 2280. The number of fused-ring (bicyclic) bond motifs is 2. The molecule has 0 saturated carbocycles. The molecule has 1 saturated heterocycles. The third-order valence-electron chi connectivity index (χ3n) is 8.36. The minimum Gasteiger partial charge on any atom is -1.00 e. The molecule has 0 amide bonds. The fourth-order valence-electron chi connectivity index (χ4n) is 4.96. The Kier molecular flexibility index (Phi) is 25.4. The van der Waals surface area contributed by atoms with E-state index in [1.54, 1.807) is 72.1 Å². The van der Waals surface area contributed by atoms with Gasteiger partial charge in [-0.15, -0.1) is 23.2 Å². The van der Waals surface area contributed by atoms with Gasteiger partial charge in [0.05, 0.1) is 39.7 Å². The molecule has 4 aromatic heterocycles. The Hall–Kier alpha value is -0.462. The van der Waals surface area contributed by atoms with Crippen LogP contribution in [0.4, 0.5) is 17.6 Å². The van der Waals surface area contributed by atoms with Crippen molar-refractivity contribution in [1.29, 1.82) is 0 Å². The Balaban J connectivity index is 0.000000803. The van der Waals surface area contributed by atoms with Crippen molar-refractivity contribution in [3.8, 4) is 11.3 Å². The number of pyridine rings is 2. The van der Waals surface area contributed by atoms with Gasteiger partial charge in [0, 0.05) is 70.1 Å². The zero-order valence-electron chi connectivity index (χ0n) is 34.9. The molecule has 23 heteroatoms. The third kappa shape index (κ3) is 16.5. The van der Waals surface area contributed by atoms with Crippen molar-refractivity contribution in [2.24, 2.45) is 14.1 Å². The summed E-state index contributed by atoms with van der Waals surface area (Å²) in [7, 11) is 3.31. The number of alkyl halides is 6. The fraction of sp³-hybridized carbons (Fsp3) is 0.324. The van der Waals surface area contributed by atoms with Crippen LogP contribution in [0.3, 0.4) is 0 Å². The molecule has 60 heavy (non-hydrogen) atoms. The number of aromatic nitrogens is 6. The summed E-state index contributed by atoms with van der Waals surface area (Å²) in [5, 5.41) is 18.2. The molecule has 6 aromatic rings. The van der Waals surface area contributed by atoms with Crippen LogP contribution >= 0.6 is 58.0 Å². The summed E-state index contributed by atoms with van der Waals surface area (Å²) in [5.74, 6) is 0. The van der Waals surface area contributed by atoms with Crippen molar-refractivity contribution < 1.29 is 146 Å². The minimum atomic E-state index is -2.65. The number of benzene rings is 2. The maximum Gasteiger partial charge on any atom is 1.00 e. The molecule has 1 aliphatic heterocycles. The first-order valence-electron chi connectivity index (χ1n) is 16.9. The summed E-state index contributed by atoms with van der Waals surface area (Å²) in [6.45, 7) is 9.70. The van der Waals surface area contributed by atoms with Gasteiger partial charge in [-0.25, -0.2) is 27.5 Å². The maximum atomic E-state index is 13.3.